The molecule has 0 aliphatic rings. The summed E-state index contributed by atoms with van der Waals surface area (Å²) in [6, 6.07) is 2.62. The number of carbonyl (C=O) groups is 1. The topological polar surface area (TPSA) is 84.3 Å². The molecule has 0 saturated heterocycles. The van der Waals surface area contributed by atoms with Gasteiger partial charge in [0.25, 0.3) is 0 Å². The third-order valence-electron chi connectivity index (χ3n) is 1.89. The molecule has 0 fully saturated rings. The number of aromatic carboxylic acids is 1. The lowest BCUT2D eigenvalue weighted by Gasteiger charge is -2.08. The van der Waals surface area contributed by atoms with E-state index >= 15 is 0 Å². The number of carboxylic acids is 1. The fraction of sp³-hybridized carbons (Fsp3) is 0.333. The second kappa shape index (κ2) is 3.98. The molecule has 1 aromatic rings. The standard InChI is InChI=1S/C9H11NO4S/c1-6(2)15(13,14)8-7(9(11)12)4-3-5-10-8/h3-6H,1-2H3,(H,11,12). The summed E-state index contributed by atoms with van der Waals surface area (Å²) >= 11 is 0. The van der Waals surface area contributed by atoms with Crippen molar-refractivity contribution in [3.8, 4) is 0 Å². The number of rotatable bonds is 3. The summed E-state index contributed by atoms with van der Waals surface area (Å²) in [5, 5.41) is 7.75. The lowest BCUT2D eigenvalue weighted by Crippen LogP contribution is -2.19. The first-order valence-corrected chi connectivity index (χ1v) is 5.84. The van der Waals surface area contributed by atoms with Crippen LogP contribution in [0.2, 0.25) is 0 Å². The number of aromatic nitrogens is 1. The molecule has 0 aliphatic heterocycles. The van der Waals surface area contributed by atoms with E-state index in [9.17, 15) is 13.2 Å². The molecule has 1 N–H and O–H groups in total. The molecular formula is C9H11NO4S. The van der Waals surface area contributed by atoms with Gasteiger partial charge >= 0.3 is 5.97 Å². The molecule has 1 rings (SSSR count). The van der Waals surface area contributed by atoms with Crippen molar-refractivity contribution in [1.29, 1.82) is 0 Å². The summed E-state index contributed by atoms with van der Waals surface area (Å²) in [5.74, 6) is -1.29. The number of hydrogen-bond acceptors (Lipinski definition) is 4. The molecular weight excluding hydrogens is 218 g/mol. The number of hydrogen-bond donors (Lipinski definition) is 1. The summed E-state index contributed by atoms with van der Waals surface area (Å²) in [5.41, 5.74) is -0.286. The fourth-order valence-electron chi connectivity index (χ4n) is 1.00. The molecule has 0 aromatic carbocycles. The van der Waals surface area contributed by atoms with Crippen molar-refractivity contribution in [2.75, 3.05) is 0 Å². The molecule has 0 bridgehead atoms. The van der Waals surface area contributed by atoms with Gasteiger partial charge in [0.05, 0.1) is 10.8 Å². The largest absolute Gasteiger partial charge is 0.478 e. The predicted octanol–water partition coefficient (Wildman–Crippen LogP) is 0.962. The molecule has 6 heteroatoms. The number of nitrogens with zero attached hydrogens (tertiary/aromatic N) is 1. The number of pyridine rings is 1. The van der Waals surface area contributed by atoms with Gasteiger partial charge in [-0.2, -0.15) is 0 Å². The molecule has 0 atom stereocenters. The monoisotopic (exact) mass is 229 g/mol. The highest BCUT2D eigenvalue weighted by molar-refractivity contribution is 7.92. The van der Waals surface area contributed by atoms with E-state index in [-0.39, 0.29) is 10.6 Å². The zero-order valence-electron chi connectivity index (χ0n) is 8.34. The minimum absolute atomic E-state index is 0.286. The molecule has 0 amide bonds. The molecule has 0 spiro atoms. The van der Waals surface area contributed by atoms with Crippen LogP contribution in [0.4, 0.5) is 0 Å². The van der Waals surface area contributed by atoms with Gasteiger partial charge in [-0.15, -0.1) is 0 Å². The van der Waals surface area contributed by atoms with Crippen LogP contribution in [0.3, 0.4) is 0 Å². The summed E-state index contributed by atoms with van der Waals surface area (Å²) in [7, 11) is -3.64. The van der Waals surface area contributed by atoms with Gasteiger partial charge in [-0.25, -0.2) is 18.2 Å². The van der Waals surface area contributed by atoms with Gasteiger partial charge in [-0.3, -0.25) is 0 Å². The van der Waals surface area contributed by atoms with Crippen LogP contribution in [0.1, 0.15) is 24.2 Å². The maximum Gasteiger partial charge on any atom is 0.338 e. The Morgan fingerprint density at radius 2 is 2.07 bits per heavy atom. The second-order valence-corrected chi connectivity index (χ2v) is 5.67. The molecule has 0 aliphatic carbocycles. The smallest absolute Gasteiger partial charge is 0.338 e. The SMILES string of the molecule is CC(C)S(=O)(=O)c1ncccc1C(=O)O. The van der Waals surface area contributed by atoms with Gasteiger partial charge in [0.15, 0.2) is 14.9 Å². The van der Waals surface area contributed by atoms with Crippen molar-refractivity contribution in [3.05, 3.63) is 23.9 Å². The van der Waals surface area contributed by atoms with Crippen molar-refractivity contribution in [2.45, 2.75) is 24.1 Å². The molecule has 1 aromatic heterocycles. The van der Waals surface area contributed by atoms with Crippen molar-refractivity contribution in [3.63, 3.8) is 0 Å². The van der Waals surface area contributed by atoms with E-state index in [1.807, 2.05) is 0 Å². The molecule has 0 unspecified atom stereocenters. The Labute approximate surface area is 87.7 Å². The maximum absolute atomic E-state index is 11.7. The minimum atomic E-state index is -3.64. The number of sulfone groups is 1. The normalized spacial score (nSPS) is 11.7. The zero-order chi connectivity index (χ0) is 11.6. The van der Waals surface area contributed by atoms with Crippen molar-refractivity contribution in [2.24, 2.45) is 0 Å². The molecule has 82 valence electrons. The van der Waals surface area contributed by atoms with Gasteiger partial charge in [0.1, 0.15) is 0 Å². The minimum Gasteiger partial charge on any atom is -0.478 e. The van der Waals surface area contributed by atoms with E-state index in [1.165, 1.54) is 32.2 Å². The van der Waals surface area contributed by atoms with Crippen LogP contribution >= 0.6 is 0 Å². The first-order chi connectivity index (χ1) is 6.87. The van der Waals surface area contributed by atoms with Crippen LogP contribution in [0.5, 0.6) is 0 Å². The highest BCUT2D eigenvalue weighted by Gasteiger charge is 2.26. The third-order valence-corrected chi connectivity index (χ3v) is 4.00. The lowest BCUT2D eigenvalue weighted by atomic mass is 10.3. The average molecular weight is 229 g/mol. The maximum atomic E-state index is 11.7. The van der Waals surface area contributed by atoms with Crippen molar-refractivity contribution in [1.82, 2.24) is 4.98 Å². The summed E-state index contributed by atoms with van der Waals surface area (Å²) in [6.45, 7) is 2.96. The Bertz CT molecular complexity index is 479. The van der Waals surface area contributed by atoms with Crippen LogP contribution < -0.4 is 0 Å². The van der Waals surface area contributed by atoms with Crippen LogP contribution in [-0.2, 0) is 9.84 Å². The summed E-state index contributed by atoms with van der Waals surface area (Å²) < 4.78 is 23.5. The van der Waals surface area contributed by atoms with Crippen LogP contribution in [0, 0.1) is 0 Å². The van der Waals surface area contributed by atoms with Gasteiger partial charge in [-0.1, -0.05) is 0 Å². The molecule has 0 radical (unpaired) electrons. The predicted molar refractivity (Wildman–Crippen MR) is 53.5 cm³/mol. The fourth-order valence-corrected chi connectivity index (χ4v) is 2.12. The zero-order valence-corrected chi connectivity index (χ0v) is 9.15. The van der Waals surface area contributed by atoms with Gasteiger partial charge in [-0.05, 0) is 26.0 Å². The van der Waals surface area contributed by atoms with Crippen LogP contribution in [0.25, 0.3) is 0 Å². The van der Waals surface area contributed by atoms with E-state index < -0.39 is 21.1 Å². The van der Waals surface area contributed by atoms with Crippen LogP contribution in [0.15, 0.2) is 23.4 Å². The summed E-state index contributed by atoms with van der Waals surface area (Å²) in [4.78, 5) is 14.4. The third kappa shape index (κ3) is 2.15. The Morgan fingerprint density at radius 1 is 1.47 bits per heavy atom. The quantitative estimate of drug-likeness (QED) is 0.834. The van der Waals surface area contributed by atoms with Crippen LogP contribution in [-0.4, -0.2) is 29.7 Å². The van der Waals surface area contributed by atoms with Crippen molar-refractivity contribution < 1.29 is 18.3 Å². The Balaban J connectivity index is 3.45. The highest BCUT2D eigenvalue weighted by Crippen LogP contribution is 2.17. The number of carboxylic acid groups (broad SMARTS) is 1. The summed E-state index contributed by atoms with van der Waals surface area (Å²) in [6.07, 6.45) is 1.27. The molecule has 1 heterocycles. The second-order valence-electron chi connectivity index (χ2n) is 3.26. The van der Waals surface area contributed by atoms with Gasteiger partial charge < -0.3 is 5.11 Å². The average Bonchev–Trinajstić information content (AvgIpc) is 2.17. The van der Waals surface area contributed by atoms with E-state index in [2.05, 4.69) is 4.98 Å². The molecule has 15 heavy (non-hydrogen) atoms. The van der Waals surface area contributed by atoms with E-state index in [4.69, 9.17) is 5.11 Å². The van der Waals surface area contributed by atoms with Gasteiger partial charge in [0, 0.05) is 6.20 Å². The van der Waals surface area contributed by atoms with E-state index in [0.29, 0.717) is 0 Å². The Morgan fingerprint density at radius 3 is 2.53 bits per heavy atom. The Hall–Kier alpha value is -1.43. The molecule has 0 saturated carbocycles. The van der Waals surface area contributed by atoms with E-state index in [0.717, 1.165) is 0 Å². The Kier molecular flexibility index (Phi) is 3.09. The molecule has 5 nitrogen and oxygen atoms in total. The first kappa shape index (κ1) is 11.6. The first-order valence-electron chi connectivity index (χ1n) is 4.29. The van der Waals surface area contributed by atoms with Gasteiger partial charge in [0.2, 0.25) is 0 Å². The van der Waals surface area contributed by atoms with E-state index in [1.54, 1.807) is 0 Å². The van der Waals surface area contributed by atoms with Crippen molar-refractivity contribution >= 4 is 15.8 Å². The highest BCUT2D eigenvalue weighted by atomic mass is 32.2. The lowest BCUT2D eigenvalue weighted by molar-refractivity contribution is 0.0691.